The molecular weight excluding hydrogens is 468 g/mol. The van der Waals surface area contributed by atoms with E-state index in [-0.39, 0.29) is 5.69 Å². The van der Waals surface area contributed by atoms with Crippen molar-refractivity contribution in [3.05, 3.63) is 65.0 Å². The second-order valence-corrected chi connectivity index (χ2v) is 10.2. The molecule has 0 bridgehead atoms. The van der Waals surface area contributed by atoms with Crippen LogP contribution in [-0.2, 0) is 10.3 Å². The van der Waals surface area contributed by atoms with E-state index in [9.17, 15) is 6.48 Å². The van der Waals surface area contributed by atoms with Crippen molar-refractivity contribution >= 4 is 21.9 Å². The summed E-state index contributed by atoms with van der Waals surface area (Å²) in [6.45, 7) is 5.11. The highest BCUT2D eigenvalue weighted by Gasteiger charge is 2.33. The number of benzene rings is 1. The molecule has 8 heteroatoms. The van der Waals surface area contributed by atoms with Crippen LogP contribution in [0.1, 0.15) is 68.0 Å². The fourth-order valence-corrected chi connectivity index (χ4v) is 5.36. The monoisotopic (exact) mass is 505 g/mol. The Kier molecular flexibility index (Phi) is 4.46. The van der Waals surface area contributed by atoms with E-state index in [0.717, 1.165) is 16.5 Å². The molecule has 1 aliphatic rings. The topological polar surface area (TPSA) is 99.3 Å². The van der Waals surface area contributed by atoms with Gasteiger partial charge in [-0.05, 0) is 71.0 Å². The molecule has 0 saturated carbocycles. The average Bonchev–Trinajstić information content (AvgIpc) is 3.60. The summed E-state index contributed by atoms with van der Waals surface area (Å²) >= 11 is 0. The van der Waals surface area contributed by atoms with Crippen LogP contribution in [0.3, 0.4) is 0 Å². The van der Waals surface area contributed by atoms with Gasteiger partial charge in [0.15, 0.2) is 0 Å². The van der Waals surface area contributed by atoms with Gasteiger partial charge in [-0.1, -0.05) is 22.4 Å². The van der Waals surface area contributed by atoms with E-state index in [1.54, 1.807) is 24.6 Å². The summed E-state index contributed by atoms with van der Waals surface area (Å²) in [5.74, 6) is -0.361. The van der Waals surface area contributed by atoms with Gasteiger partial charge in [0.05, 0.1) is 36.6 Å². The Hall–Kier alpha value is -3.49. The Morgan fingerprint density at radius 1 is 1.16 bits per heavy atom. The summed E-state index contributed by atoms with van der Waals surface area (Å²) in [5.41, 5.74) is 3.32. The normalized spacial score (nSPS) is 19.3. The molecule has 0 radical (unpaired) electrons. The second-order valence-electron chi connectivity index (χ2n) is 10.2. The third-order valence-corrected chi connectivity index (χ3v) is 7.18. The van der Waals surface area contributed by atoms with Crippen LogP contribution in [0.4, 0.5) is 0 Å². The Balaban J connectivity index is 1.75. The van der Waals surface area contributed by atoms with E-state index in [4.69, 9.17) is 24.3 Å². The van der Waals surface area contributed by atoms with E-state index in [2.05, 4.69) is 10.3 Å². The van der Waals surface area contributed by atoms with Gasteiger partial charge in [-0.25, -0.2) is 0 Å². The number of aromatic nitrogens is 4. The molecule has 0 aliphatic carbocycles. The number of pyridine rings is 1. The van der Waals surface area contributed by atoms with E-state index in [1.807, 2.05) is 38.1 Å². The SMILES string of the molecule is [2H]c1c(C([2H])(C2CCOCC2)n2c3cc(C(C)(C)O)ccc3c3ncc(-c4c(C)noc4C)cc32)noc1C([2H])([2H])[2H]. The number of rotatable bonds is 5. The number of ether oxygens (including phenoxy) is 1. The molecule has 5 aromatic rings. The zero-order valence-electron chi connectivity index (χ0n) is 26.3. The maximum absolute atomic E-state index is 10.9. The average molecular weight is 506 g/mol. The van der Waals surface area contributed by atoms with Crippen molar-refractivity contribution < 1.29 is 25.7 Å². The van der Waals surface area contributed by atoms with Crippen LogP contribution in [-0.4, -0.2) is 38.2 Å². The molecule has 0 spiro atoms. The first-order chi connectivity index (χ1) is 19.7. The lowest BCUT2D eigenvalue weighted by Crippen LogP contribution is -2.27. The zero-order chi connectivity index (χ0) is 30.2. The smallest absolute Gasteiger partial charge is 0.141 e. The molecular formula is C29H32N4O4. The zero-order valence-corrected chi connectivity index (χ0v) is 21.3. The standard InChI is InChI=1S/C29H32N4O4/c1-16-12-23(32-36-16)28(19-8-10-35-11-9-19)33-24-14-21(29(4,5)34)6-7-22(24)27-25(33)13-20(15-30-27)26-17(2)31-37-18(26)3/h6-7,12-15,19,28,34H,8-11H2,1-5H3/i1D3,12D,28D. The summed E-state index contributed by atoms with van der Waals surface area (Å²) < 4.78 is 60.9. The van der Waals surface area contributed by atoms with Crippen molar-refractivity contribution in [2.45, 2.75) is 59.0 Å². The second kappa shape index (κ2) is 8.82. The van der Waals surface area contributed by atoms with Crippen LogP contribution in [0.2, 0.25) is 0 Å². The molecule has 1 aromatic carbocycles. The predicted molar refractivity (Wildman–Crippen MR) is 140 cm³/mol. The van der Waals surface area contributed by atoms with E-state index in [1.165, 1.54) is 0 Å². The lowest BCUT2D eigenvalue weighted by atomic mass is 9.89. The van der Waals surface area contributed by atoms with E-state index < -0.39 is 36.2 Å². The van der Waals surface area contributed by atoms with Crippen molar-refractivity contribution in [3.63, 3.8) is 0 Å². The molecule has 1 saturated heterocycles. The fourth-order valence-electron chi connectivity index (χ4n) is 5.36. The molecule has 4 aromatic heterocycles. The first-order valence-electron chi connectivity index (χ1n) is 14.9. The quantitative estimate of drug-likeness (QED) is 0.313. The molecule has 1 unspecified atom stereocenters. The van der Waals surface area contributed by atoms with Gasteiger partial charge in [-0.3, -0.25) is 4.98 Å². The minimum Gasteiger partial charge on any atom is -0.386 e. The summed E-state index contributed by atoms with van der Waals surface area (Å²) in [5, 5.41) is 19.9. The van der Waals surface area contributed by atoms with Crippen molar-refractivity contribution in [2.24, 2.45) is 5.92 Å². The van der Waals surface area contributed by atoms with Crippen molar-refractivity contribution in [1.29, 1.82) is 0 Å². The van der Waals surface area contributed by atoms with Crippen LogP contribution in [0.5, 0.6) is 0 Å². The largest absolute Gasteiger partial charge is 0.386 e. The lowest BCUT2D eigenvalue weighted by molar-refractivity contribution is 0.0543. The first kappa shape index (κ1) is 18.7. The number of nitrogens with zero attached hydrogens (tertiary/aromatic N) is 4. The number of hydrogen-bond acceptors (Lipinski definition) is 7. The van der Waals surface area contributed by atoms with Crippen molar-refractivity contribution in [2.75, 3.05) is 13.2 Å². The molecule has 1 aliphatic heterocycles. The third kappa shape index (κ3) is 4.04. The van der Waals surface area contributed by atoms with Gasteiger partial charge < -0.3 is 23.5 Å². The molecule has 37 heavy (non-hydrogen) atoms. The van der Waals surface area contributed by atoms with Crippen molar-refractivity contribution in [3.8, 4) is 11.1 Å². The van der Waals surface area contributed by atoms with Crippen molar-refractivity contribution in [1.82, 2.24) is 19.9 Å². The van der Waals surface area contributed by atoms with Gasteiger partial charge in [0, 0.05) is 46.1 Å². The molecule has 0 amide bonds. The van der Waals surface area contributed by atoms with Gasteiger partial charge in [-0.15, -0.1) is 0 Å². The minimum atomic E-state index is -2.72. The number of hydrogen-bond donors (Lipinski definition) is 1. The number of fused-ring (bicyclic) bond motifs is 3. The summed E-state index contributed by atoms with van der Waals surface area (Å²) in [6, 6.07) is 5.21. The number of aliphatic hydroxyl groups is 1. The van der Waals surface area contributed by atoms with Gasteiger partial charge >= 0.3 is 0 Å². The van der Waals surface area contributed by atoms with Gasteiger partial charge in [0.25, 0.3) is 0 Å². The Labute approximate surface area is 222 Å². The maximum atomic E-state index is 10.9. The highest BCUT2D eigenvalue weighted by molar-refractivity contribution is 6.07. The predicted octanol–water partition coefficient (Wildman–Crippen LogP) is 6.00. The maximum Gasteiger partial charge on any atom is 0.141 e. The van der Waals surface area contributed by atoms with Crippen LogP contribution in [0.25, 0.3) is 33.1 Å². The Bertz CT molecular complexity index is 1790. The molecule has 6 rings (SSSR count). The minimum absolute atomic E-state index is 0.101. The van der Waals surface area contributed by atoms with E-state index >= 15 is 0 Å². The molecule has 192 valence electrons. The van der Waals surface area contributed by atoms with Gasteiger partial charge in [0.1, 0.15) is 17.2 Å². The molecule has 1 fully saturated rings. The third-order valence-electron chi connectivity index (χ3n) is 7.18. The molecule has 1 atom stereocenters. The molecule has 8 nitrogen and oxygen atoms in total. The summed E-state index contributed by atoms with van der Waals surface area (Å²) in [7, 11) is 0. The molecule has 1 N–H and O–H groups in total. The number of aryl methyl sites for hydroxylation is 3. The Morgan fingerprint density at radius 3 is 2.65 bits per heavy atom. The summed E-state index contributed by atoms with van der Waals surface area (Å²) in [6.07, 6.45) is 2.69. The van der Waals surface area contributed by atoms with E-state index in [0.29, 0.717) is 59.6 Å². The van der Waals surface area contributed by atoms with Crippen LogP contribution in [0, 0.1) is 26.6 Å². The highest BCUT2D eigenvalue weighted by Crippen LogP contribution is 2.42. The Morgan fingerprint density at radius 2 is 1.97 bits per heavy atom. The van der Waals surface area contributed by atoms with Crippen LogP contribution >= 0.6 is 0 Å². The van der Waals surface area contributed by atoms with Crippen LogP contribution < -0.4 is 0 Å². The lowest BCUT2D eigenvalue weighted by Gasteiger charge is -2.31. The van der Waals surface area contributed by atoms with Gasteiger partial charge in [0.2, 0.25) is 0 Å². The summed E-state index contributed by atoms with van der Waals surface area (Å²) in [4.78, 5) is 4.84. The fraction of sp³-hybridized carbons (Fsp3) is 0.414. The molecule has 5 heterocycles. The highest BCUT2D eigenvalue weighted by atomic mass is 16.5. The van der Waals surface area contributed by atoms with Crippen LogP contribution in [0.15, 0.2) is 45.6 Å². The first-order valence-corrected chi connectivity index (χ1v) is 12.4. The van der Waals surface area contributed by atoms with Gasteiger partial charge in [-0.2, -0.15) is 0 Å².